The first-order valence-electron chi connectivity index (χ1n) is 5.55. The summed E-state index contributed by atoms with van der Waals surface area (Å²) < 4.78 is 10.4. The van der Waals surface area contributed by atoms with Gasteiger partial charge < -0.3 is 14.5 Å². The van der Waals surface area contributed by atoms with E-state index < -0.39 is 0 Å². The number of nitrogens with zero attached hydrogens (tertiary/aromatic N) is 1. The molecule has 2 aromatic heterocycles. The second-order valence-electron chi connectivity index (χ2n) is 3.82. The molecule has 0 aliphatic heterocycles. The van der Waals surface area contributed by atoms with Crippen LogP contribution in [0.3, 0.4) is 0 Å². The normalized spacial score (nSPS) is 12.4. The van der Waals surface area contributed by atoms with Gasteiger partial charge in [0, 0.05) is 18.8 Å². The Balaban J connectivity index is 1.93. The molecule has 90 valence electrons. The predicted molar refractivity (Wildman–Crippen MR) is 64.8 cm³/mol. The summed E-state index contributed by atoms with van der Waals surface area (Å²) in [5, 5.41) is 3.38. The maximum atomic E-state index is 5.33. The quantitative estimate of drug-likeness (QED) is 0.860. The Morgan fingerprint density at radius 1 is 1.47 bits per heavy atom. The fourth-order valence-corrected chi connectivity index (χ4v) is 1.58. The van der Waals surface area contributed by atoms with E-state index in [4.69, 9.17) is 9.15 Å². The van der Waals surface area contributed by atoms with Crippen LogP contribution in [0.15, 0.2) is 41.1 Å². The summed E-state index contributed by atoms with van der Waals surface area (Å²) in [6, 6.07) is 7.92. The average molecular weight is 232 g/mol. The summed E-state index contributed by atoms with van der Waals surface area (Å²) in [7, 11) is 1.62. The van der Waals surface area contributed by atoms with E-state index in [0.717, 1.165) is 17.9 Å². The van der Waals surface area contributed by atoms with Gasteiger partial charge in [0.1, 0.15) is 5.76 Å². The van der Waals surface area contributed by atoms with Crippen molar-refractivity contribution in [3.63, 3.8) is 0 Å². The summed E-state index contributed by atoms with van der Waals surface area (Å²) in [6.07, 6.45) is 3.43. The van der Waals surface area contributed by atoms with Crippen molar-refractivity contribution in [1.82, 2.24) is 10.3 Å². The van der Waals surface area contributed by atoms with Crippen molar-refractivity contribution in [3.8, 4) is 5.88 Å². The van der Waals surface area contributed by atoms with Gasteiger partial charge in [-0.05, 0) is 30.7 Å². The molecular weight excluding hydrogens is 216 g/mol. The average Bonchev–Trinajstić information content (AvgIpc) is 2.90. The lowest BCUT2D eigenvalue weighted by atomic mass is 10.2. The van der Waals surface area contributed by atoms with Crippen molar-refractivity contribution >= 4 is 0 Å². The SMILES string of the molecule is COc1cc(CNC(C)c2ccco2)ccn1. The number of methoxy groups -OCH3 is 1. The van der Waals surface area contributed by atoms with E-state index in [1.165, 1.54) is 0 Å². The topological polar surface area (TPSA) is 47.3 Å². The molecular formula is C13H16N2O2. The molecule has 0 amide bonds. The minimum atomic E-state index is 0.184. The number of nitrogens with one attached hydrogen (secondary N) is 1. The minimum Gasteiger partial charge on any atom is -0.481 e. The van der Waals surface area contributed by atoms with Gasteiger partial charge in [-0.2, -0.15) is 0 Å². The molecule has 17 heavy (non-hydrogen) atoms. The lowest BCUT2D eigenvalue weighted by Gasteiger charge is -2.11. The Bertz CT molecular complexity index is 454. The Morgan fingerprint density at radius 3 is 3.06 bits per heavy atom. The zero-order chi connectivity index (χ0) is 12.1. The molecule has 0 saturated carbocycles. The third-order valence-corrected chi connectivity index (χ3v) is 2.59. The van der Waals surface area contributed by atoms with Gasteiger partial charge in [0.15, 0.2) is 0 Å². The van der Waals surface area contributed by atoms with Gasteiger partial charge in [0.05, 0.1) is 19.4 Å². The lowest BCUT2D eigenvalue weighted by molar-refractivity contribution is 0.396. The second kappa shape index (κ2) is 5.50. The molecule has 1 N–H and O–H groups in total. The van der Waals surface area contributed by atoms with Crippen molar-refractivity contribution in [2.24, 2.45) is 0 Å². The van der Waals surface area contributed by atoms with Crippen molar-refractivity contribution in [2.45, 2.75) is 19.5 Å². The molecule has 2 heterocycles. The first-order chi connectivity index (χ1) is 8.29. The van der Waals surface area contributed by atoms with E-state index >= 15 is 0 Å². The maximum absolute atomic E-state index is 5.33. The molecule has 4 nitrogen and oxygen atoms in total. The maximum Gasteiger partial charge on any atom is 0.213 e. The van der Waals surface area contributed by atoms with E-state index in [1.807, 2.05) is 24.3 Å². The van der Waals surface area contributed by atoms with Crippen LogP contribution in [-0.4, -0.2) is 12.1 Å². The molecule has 2 aromatic rings. The first kappa shape index (κ1) is 11.7. The van der Waals surface area contributed by atoms with E-state index in [0.29, 0.717) is 5.88 Å². The fraction of sp³-hybridized carbons (Fsp3) is 0.308. The van der Waals surface area contributed by atoms with Crippen LogP contribution in [0.4, 0.5) is 0 Å². The molecule has 0 saturated heterocycles. The summed E-state index contributed by atoms with van der Waals surface area (Å²) in [5.41, 5.74) is 1.13. The number of furan rings is 1. The summed E-state index contributed by atoms with van der Waals surface area (Å²) in [6.45, 7) is 2.82. The molecule has 0 spiro atoms. The van der Waals surface area contributed by atoms with Gasteiger partial charge in [-0.1, -0.05) is 0 Å². The summed E-state index contributed by atoms with van der Waals surface area (Å²) >= 11 is 0. The molecule has 0 aromatic carbocycles. The molecule has 0 fully saturated rings. The number of ether oxygens (including phenoxy) is 1. The minimum absolute atomic E-state index is 0.184. The molecule has 0 bridgehead atoms. The van der Waals surface area contributed by atoms with Crippen LogP contribution < -0.4 is 10.1 Å². The highest BCUT2D eigenvalue weighted by molar-refractivity contribution is 5.20. The van der Waals surface area contributed by atoms with Crippen LogP contribution >= 0.6 is 0 Å². The van der Waals surface area contributed by atoms with Crippen LogP contribution in [0, 0.1) is 0 Å². The van der Waals surface area contributed by atoms with Gasteiger partial charge in [0.2, 0.25) is 5.88 Å². The monoisotopic (exact) mass is 232 g/mol. The van der Waals surface area contributed by atoms with Gasteiger partial charge >= 0.3 is 0 Å². The van der Waals surface area contributed by atoms with E-state index in [1.54, 1.807) is 19.6 Å². The van der Waals surface area contributed by atoms with Crippen LogP contribution in [0.5, 0.6) is 5.88 Å². The molecule has 1 unspecified atom stereocenters. The van der Waals surface area contributed by atoms with Crippen molar-refractivity contribution in [1.29, 1.82) is 0 Å². The number of rotatable bonds is 5. The zero-order valence-electron chi connectivity index (χ0n) is 10.0. The highest BCUT2D eigenvalue weighted by Crippen LogP contribution is 2.14. The molecule has 2 rings (SSSR count). The van der Waals surface area contributed by atoms with Gasteiger partial charge in [-0.15, -0.1) is 0 Å². The number of aromatic nitrogens is 1. The third-order valence-electron chi connectivity index (χ3n) is 2.59. The van der Waals surface area contributed by atoms with Gasteiger partial charge in [-0.3, -0.25) is 0 Å². The number of hydrogen-bond donors (Lipinski definition) is 1. The number of pyridine rings is 1. The highest BCUT2D eigenvalue weighted by Gasteiger charge is 2.07. The smallest absolute Gasteiger partial charge is 0.213 e. The number of hydrogen-bond acceptors (Lipinski definition) is 4. The van der Waals surface area contributed by atoms with Crippen LogP contribution in [0.2, 0.25) is 0 Å². The van der Waals surface area contributed by atoms with Crippen LogP contribution in [-0.2, 0) is 6.54 Å². The highest BCUT2D eigenvalue weighted by atomic mass is 16.5. The molecule has 4 heteroatoms. The largest absolute Gasteiger partial charge is 0.481 e. The van der Waals surface area contributed by atoms with E-state index in [9.17, 15) is 0 Å². The Labute approximate surface area is 101 Å². The fourth-order valence-electron chi connectivity index (χ4n) is 1.58. The van der Waals surface area contributed by atoms with Crippen molar-refractivity contribution in [3.05, 3.63) is 48.0 Å². The summed E-state index contributed by atoms with van der Waals surface area (Å²) in [4.78, 5) is 4.07. The van der Waals surface area contributed by atoms with E-state index in [-0.39, 0.29) is 6.04 Å². The summed E-state index contributed by atoms with van der Waals surface area (Å²) in [5.74, 6) is 1.57. The lowest BCUT2D eigenvalue weighted by Crippen LogP contribution is -2.17. The standard InChI is InChI=1S/C13H16N2O2/c1-10(12-4-3-7-17-12)15-9-11-5-6-14-13(8-11)16-2/h3-8,10,15H,9H2,1-2H3. The van der Waals surface area contributed by atoms with Gasteiger partial charge in [-0.25, -0.2) is 4.98 Å². The van der Waals surface area contributed by atoms with Gasteiger partial charge in [0.25, 0.3) is 0 Å². The Morgan fingerprint density at radius 2 is 2.35 bits per heavy atom. The molecule has 0 aliphatic rings. The second-order valence-corrected chi connectivity index (χ2v) is 3.82. The molecule has 0 aliphatic carbocycles. The Hall–Kier alpha value is -1.81. The van der Waals surface area contributed by atoms with E-state index in [2.05, 4.69) is 17.2 Å². The van der Waals surface area contributed by atoms with Crippen molar-refractivity contribution < 1.29 is 9.15 Å². The zero-order valence-corrected chi connectivity index (χ0v) is 10.0. The van der Waals surface area contributed by atoms with Crippen LogP contribution in [0.25, 0.3) is 0 Å². The molecule has 0 radical (unpaired) electrons. The van der Waals surface area contributed by atoms with Crippen LogP contribution in [0.1, 0.15) is 24.3 Å². The van der Waals surface area contributed by atoms with Crippen molar-refractivity contribution in [2.75, 3.05) is 7.11 Å². The predicted octanol–water partition coefficient (Wildman–Crippen LogP) is 2.53. The first-order valence-corrected chi connectivity index (χ1v) is 5.55. The molecule has 1 atom stereocenters. The Kier molecular flexibility index (Phi) is 3.77. The third kappa shape index (κ3) is 3.07.